The van der Waals surface area contributed by atoms with Gasteiger partial charge in [-0.3, -0.25) is 0 Å². The van der Waals surface area contributed by atoms with Crippen LogP contribution in [0.1, 0.15) is 30.5 Å². The number of thiazole rings is 1. The van der Waals surface area contributed by atoms with E-state index in [9.17, 15) is 0 Å². The van der Waals surface area contributed by atoms with Crippen LogP contribution in [0.5, 0.6) is 0 Å². The van der Waals surface area contributed by atoms with Crippen molar-refractivity contribution >= 4 is 11.3 Å². The molecule has 0 amide bonds. The van der Waals surface area contributed by atoms with Gasteiger partial charge in [0.2, 0.25) is 0 Å². The Balaban J connectivity index is 2.03. The van der Waals surface area contributed by atoms with Gasteiger partial charge in [0.1, 0.15) is 0 Å². The highest BCUT2D eigenvalue weighted by Crippen LogP contribution is 2.06. The van der Waals surface area contributed by atoms with E-state index in [4.69, 9.17) is 0 Å². The van der Waals surface area contributed by atoms with E-state index in [0.717, 1.165) is 24.6 Å². The molecule has 0 saturated carbocycles. The highest BCUT2D eigenvalue weighted by Gasteiger charge is 1.99. The lowest BCUT2D eigenvalue weighted by molar-refractivity contribution is 0.325. The van der Waals surface area contributed by atoms with Gasteiger partial charge in [-0.1, -0.05) is 13.3 Å². The zero-order chi connectivity index (χ0) is 11.8. The number of rotatable bonds is 8. The highest BCUT2D eigenvalue weighted by molar-refractivity contribution is 7.09. The molecule has 1 aromatic rings. The van der Waals surface area contributed by atoms with Gasteiger partial charge in [-0.15, -0.1) is 11.3 Å². The molecule has 0 fully saturated rings. The Hall–Kier alpha value is -0.450. The molecule has 1 aromatic heterocycles. The minimum absolute atomic E-state index is 0.895. The topological polar surface area (TPSA) is 28.2 Å². The van der Waals surface area contributed by atoms with Crippen LogP contribution in [-0.4, -0.2) is 36.6 Å². The molecule has 1 N–H and O–H groups in total. The van der Waals surface area contributed by atoms with Crippen LogP contribution in [0.2, 0.25) is 0 Å². The Morgan fingerprint density at radius 3 is 2.88 bits per heavy atom. The SMILES string of the molecule is CCCCN(C)CCNCc1csc(C)n1. The molecule has 0 aromatic carbocycles. The van der Waals surface area contributed by atoms with Gasteiger partial charge >= 0.3 is 0 Å². The van der Waals surface area contributed by atoms with Crippen LogP contribution in [0, 0.1) is 6.92 Å². The quantitative estimate of drug-likeness (QED) is 0.708. The standard InChI is InChI=1S/C12H23N3S/c1-4-5-7-15(3)8-6-13-9-12-10-16-11(2)14-12/h10,13H,4-9H2,1-3H3. The first-order valence-corrected chi connectivity index (χ1v) is 6.90. The molecule has 92 valence electrons. The molecule has 0 saturated heterocycles. The summed E-state index contributed by atoms with van der Waals surface area (Å²) in [6.07, 6.45) is 2.57. The smallest absolute Gasteiger partial charge is 0.0897 e. The van der Waals surface area contributed by atoms with E-state index in [1.54, 1.807) is 11.3 Å². The van der Waals surface area contributed by atoms with Crippen LogP contribution in [0.4, 0.5) is 0 Å². The molecule has 4 heteroatoms. The minimum Gasteiger partial charge on any atom is -0.310 e. The van der Waals surface area contributed by atoms with Gasteiger partial charge in [0, 0.05) is 25.0 Å². The fourth-order valence-corrected chi connectivity index (χ4v) is 2.13. The number of nitrogens with one attached hydrogen (secondary N) is 1. The lowest BCUT2D eigenvalue weighted by Gasteiger charge is -2.15. The number of hydrogen-bond acceptors (Lipinski definition) is 4. The normalized spacial score (nSPS) is 11.2. The fourth-order valence-electron chi connectivity index (χ4n) is 1.52. The zero-order valence-corrected chi connectivity index (χ0v) is 11.4. The maximum atomic E-state index is 4.42. The molecule has 0 unspecified atom stereocenters. The molecule has 0 spiro atoms. The van der Waals surface area contributed by atoms with Crippen molar-refractivity contribution in [3.63, 3.8) is 0 Å². The first-order chi connectivity index (χ1) is 7.72. The first-order valence-electron chi connectivity index (χ1n) is 6.02. The molecule has 0 aliphatic rings. The summed E-state index contributed by atoms with van der Waals surface area (Å²) in [4.78, 5) is 6.80. The third-order valence-corrected chi connectivity index (χ3v) is 3.36. The Morgan fingerprint density at radius 1 is 1.44 bits per heavy atom. The molecule has 0 atom stereocenters. The predicted molar refractivity (Wildman–Crippen MR) is 71.0 cm³/mol. The second-order valence-corrected chi connectivity index (χ2v) is 5.25. The van der Waals surface area contributed by atoms with Crippen LogP contribution >= 0.6 is 11.3 Å². The third kappa shape index (κ3) is 5.58. The van der Waals surface area contributed by atoms with Crippen molar-refractivity contribution in [2.45, 2.75) is 33.2 Å². The van der Waals surface area contributed by atoms with E-state index < -0.39 is 0 Å². The number of likely N-dealkylation sites (N-methyl/N-ethyl adjacent to an activating group) is 1. The molecule has 0 aliphatic carbocycles. The summed E-state index contributed by atoms with van der Waals surface area (Å²) in [6.45, 7) is 8.53. The average Bonchev–Trinajstić information content (AvgIpc) is 2.67. The Labute approximate surface area is 103 Å². The predicted octanol–water partition coefficient (Wildman–Crippen LogP) is 2.27. The van der Waals surface area contributed by atoms with Crippen LogP contribution in [0.3, 0.4) is 0 Å². The Morgan fingerprint density at radius 2 is 2.25 bits per heavy atom. The summed E-state index contributed by atoms with van der Waals surface area (Å²) >= 11 is 1.72. The molecule has 16 heavy (non-hydrogen) atoms. The molecule has 0 radical (unpaired) electrons. The van der Waals surface area contributed by atoms with Gasteiger partial charge in [-0.25, -0.2) is 4.98 Å². The van der Waals surface area contributed by atoms with Crippen LogP contribution < -0.4 is 5.32 Å². The molecule has 1 rings (SSSR count). The van der Waals surface area contributed by atoms with E-state index in [-0.39, 0.29) is 0 Å². The first kappa shape index (κ1) is 13.6. The molecule has 0 bridgehead atoms. The van der Waals surface area contributed by atoms with Gasteiger partial charge in [-0.2, -0.15) is 0 Å². The number of nitrogens with zero attached hydrogens (tertiary/aromatic N) is 2. The maximum Gasteiger partial charge on any atom is 0.0897 e. The molecule has 1 heterocycles. The van der Waals surface area contributed by atoms with Crippen molar-refractivity contribution in [3.8, 4) is 0 Å². The number of aromatic nitrogens is 1. The summed E-state index contributed by atoms with van der Waals surface area (Å²) in [5, 5.41) is 6.70. The van der Waals surface area contributed by atoms with E-state index >= 15 is 0 Å². The van der Waals surface area contributed by atoms with Gasteiger partial charge in [0.15, 0.2) is 0 Å². The van der Waals surface area contributed by atoms with Crippen molar-refractivity contribution in [3.05, 3.63) is 16.1 Å². The lowest BCUT2D eigenvalue weighted by atomic mass is 10.3. The van der Waals surface area contributed by atoms with Crippen molar-refractivity contribution in [1.29, 1.82) is 0 Å². The van der Waals surface area contributed by atoms with E-state index in [2.05, 4.69) is 34.6 Å². The van der Waals surface area contributed by atoms with E-state index in [0.29, 0.717) is 0 Å². The second-order valence-electron chi connectivity index (χ2n) is 4.19. The lowest BCUT2D eigenvalue weighted by Crippen LogP contribution is -2.29. The second kappa shape index (κ2) is 7.76. The molecule has 0 aliphatic heterocycles. The van der Waals surface area contributed by atoms with Gasteiger partial charge < -0.3 is 10.2 Å². The molecule has 3 nitrogen and oxygen atoms in total. The van der Waals surface area contributed by atoms with Crippen molar-refractivity contribution in [2.24, 2.45) is 0 Å². The Bertz CT molecular complexity index is 286. The molecular formula is C12H23N3S. The summed E-state index contributed by atoms with van der Waals surface area (Å²) in [6, 6.07) is 0. The van der Waals surface area contributed by atoms with Crippen LogP contribution in [0.15, 0.2) is 5.38 Å². The number of unbranched alkanes of at least 4 members (excludes halogenated alkanes) is 1. The van der Waals surface area contributed by atoms with E-state index in [1.165, 1.54) is 25.1 Å². The minimum atomic E-state index is 0.895. The highest BCUT2D eigenvalue weighted by atomic mass is 32.1. The van der Waals surface area contributed by atoms with Gasteiger partial charge in [0.05, 0.1) is 10.7 Å². The fraction of sp³-hybridized carbons (Fsp3) is 0.750. The van der Waals surface area contributed by atoms with Crippen molar-refractivity contribution in [1.82, 2.24) is 15.2 Å². The van der Waals surface area contributed by atoms with Crippen LogP contribution in [-0.2, 0) is 6.54 Å². The zero-order valence-electron chi connectivity index (χ0n) is 10.6. The monoisotopic (exact) mass is 241 g/mol. The number of hydrogen-bond donors (Lipinski definition) is 1. The largest absolute Gasteiger partial charge is 0.310 e. The van der Waals surface area contributed by atoms with Gasteiger partial charge in [-0.05, 0) is 26.9 Å². The average molecular weight is 241 g/mol. The van der Waals surface area contributed by atoms with E-state index in [1.807, 2.05) is 6.92 Å². The number of aryl methyl sites for hydroxylation is 1. The summed E-state index contributed by atoms with van der Waals surface area (Å²) < 4.78 is 0. The van der Waals surface area contributed by atoms with Crippen molar-refractivity contribution in [2.75, 3.05) is 26.7 Å². The molecular weight excluding hydrogens is 218 g/mol. The Kier molecular flexibility index (Phi) is 6.61. The van der Waals surface area contributed by atoms with Crippen molar-refractivity contribution < 1.29 is 0 Å². The third-order valence-electron chi connectivity index (χ3n) is 2.54. The van der Waals surface area contributed by atoms with Crippen LogP contribution in [0.25, 0.3) is 0 Å². The summed E-state index contributed by atoms with van der Waals surface area (Å²) in [5.41, 5.74) is 1.17. The summed E-state index contributed by atoms with van der Waals surface area (Å²) in [5.74, 6) is 0. The maximum absolute atomic E-state index is 4.42. The summed E-state index contributed by atoms with van der Waals surface area (Å²) in [7, 11) is 2.18. The van der Waals surface area contributed by atoms with Gasteiger partial charge in [0.25, 0.3) is 0 Å².